The van der Waals surface area contributed by atoms with Crippen molar-refractivity contribution in [1.29, 1.82) is 0 Å². The van der Waals surface area contributed by atoms with E-state index in [9.17, 15) is 20.4 Å². The van der Waals surface area contributed by atoms with Gasteiger partial charge in [0.05, 0.1) is 11.2 Å². The maximum atomic E-state index is 11.1. The zero-order valence-corrected chi connectivity index (χ0v) is 23.9. The van der Waals surface area contributed by atoms with Gasteiger partial charge in [-0.1, -0.05) is 71.2 Å². The third kappa shape index (κ3) is 8.43. The molecule has 0 aliphatic heterocycles. The molecule has 0 radical (unpaired) electrons. The van der Waals surface area contributed by atoms with Gasteiger partial charge in [0.25, 0.3) is 0 Å². The van der Waals surface area contributed by atoms with E-state index in [-0.39, 0.29) is 30.8 Å². The Morgan fingerprint density at radius 3 is 1.41 bits per heavy atom. The maximum absolute atomic E-state index is 11.1. The van der Waals surface area contributed by atoms with E-state index in [0.29, 0.717) is 0 Å². The molecule has 6 heteroatoms. The number of hydrogen-bond acceptors (Lipinski definition) is 6. The summed E-state index contributed by atoms with van der Waals surface area (Å²) >= 11 is 0. The lowest BCUT2D eigenvalue weighted by Crippen LogP contribution is -2.43. The van der Waals surface area contributed by atoms with Gasteiger partial charge in [-0.3, -0.25) is 0 Å². The number of rotatable bonds is 8. The van der Waals surface area contributed by atoms with Crippen molar-refractivity contribution in [1.82, 2.24) is 9.80 Å². The number of phenols is 2. The van der Waals surface area contributed by atoms with Crippen LogP contribution in [0.5, 0.6) is 11.5 Å². The summed E-state index contributed by atoms with van der Waals surface area (Å²) in [7, 11) is 4.19. The minimum absolute atomic E-state index is 0. The van der Waals surface area contributed by atoms with Gasteiger partial charge in [-0.2, -0.15) is 0 Å². The molecule has 0 aromatic heterocycles. The van der Waals surface area contributed by atoms with Crippen molar-refractivity contribution in [2.75, 3.05) is 40.3 Å². The van der Waals surface area contributed by atoms with Gasteiger partial charge in [0.15, 0.2) is 0 Å². The minimum atomic E-state index is -0.791. The molecule has 220 valence electrons. The standard InChI is InChI=1S/2C16H25NO2.CH4/c2*1-3-17(2)12-14-7-4-5-10-16(14,19)13-8-6-9-15(18)11-13;/h2*6,8-9,11,14,18-19H,3-5,7,10,12H2,1-2H3;1H4/t14-,16+;;/m1../s1. The fourth-order valence-electron chi connectivity index (χ4n) is 6.26. The van der Waals surface area contributed by atoms with Crippen LogP contribution in [0.2, 0.25) is 0 Å². The first kappa shape index (κ1) is 33.1. The van der Waals surface area contributed by atoms with E-state index in [4.69, 9.17) is 0 Å². The highest BCUT2D eigenvalue weighted by Crippen LogP contribution is 2.44. The van der Waals surface area contributed by atoms with Gasteiger partial charge in [-0.15, -0.1) is 0 Å². The number of hydrogen-bond donors (Lipinski definition) is 4. The van der Waals surface area contributed by atoms with Crippen molar-refractivity contribution in [3.63, 3.8) is 0 Å². The van der Waals surface area contributed by atoms with Gasteiger partial charge in [0.2, 0.25) is 0 Å². The summed E-state index contributed by atoms with van der Waals surface area (Å²) in [4.78, 5) is 4.51. The number of nitrogens with zero attached hydrogens (tertiary/aromatic N) is 2. The van der Waals surface area contributed by atoms with Crippen molar-refractivity contribution < 1.29 is 20.4 Å². The summed E-state index contributed by atoms with van der Waals surface area (Å²) in [6, 6.07) is 14.2. The molecule has 2 aromatic rings. The van der Waals surface area contributed by atoms with E-state index >= 15 is 0 Å². The molecule has 0 heterocycles. The fourth-order valence-corrected chi connectivity index (χ4v) is 6.26. The topological polar surface area (TPSA) is 87.4 Å². The lowest BCUT2D eigenvalue weighted by Gasteiger charge is -2.42. The largest absolute Gasteiger partial charge is 0.508 e. The smallest absolute Gasteiger partial charge is 0.115 e. The summed E-state index contributed by atoms with van der Waals surface area (Å²) in [6.07, 6.45) is 8.16. The van der Waals surface area contributed by atoms with Crippen molar-refractivity contribution in [2.24, 2.45) is 11.8 Å². The van der Waals surface area contributed by atoms with E-state index in [1.165, 1.54) is 12.8 Å². The van der Waals surface area contributed by atoms with E-state index in [1.807, 2.05) is 24.3 Å². The predicted octanol–water partition coefficient (Wildman–Crippen LogP) is 6.08. The van der Waals surface area contributed by atoms with Crippen LogP contribution in [0.3, 0.4) is 0 Å². The lowest BCUT2D eigenvalue weighted by atomic mass is 9.71. The molecule has 2 fully saturated rings. The Labute approximate surface area is 237 Å². The summed E-state index contributed by atoms with van der Waals surface area (Å²) in [5.41, 5.74) is 0.143. The van der Waals surface area contributed by atoms with Gasteiger partial charge in [0, 0.05) is 24.9 Å². The van der Waals surface area contributed by atoms with E-state index in [2.05, 4.69) is 37.7 Å². The molecule has 4 atom stereocenters. The summed E-state index contributed by atoms with van der Waals surface area (Å²) in [5, 5.41) is 41.6. The first-order valence-corrected chi connectivity index (χ1v) is 14.5. The molecule has 0 saturated heterocycles. The van der Waals surface area contributed by atoms with Crippen LogP contribution < -0.4 is 0 Å². The molecule has 2 unspecified atom stereocenters. The zero-order valence-electron chi connectivity index (χ0n) is 23.9. The van der Waals surface area contributed by atoms with Gasteiger partial charge in [-0.05, 0) is 88.3 Å². The Bertz CT molecular complexity index is 922. The maximum Gasteiger partial charge on any atom is 0.115 e. The van der Waals surface area contributed by atoms with Gasteiger partial charge in [0.1, 0.15) is 11.5 Å². The summed E-state index contributed by atoms with van der Waals surface area (Å²) in [5.74, 6) is 0.958. The Balaban J connectivity index is 0.000000267. The Morgan fingerprint density at radius 1 is 0.692 bits per heavy atom. The monoisotopic (exact) mass is 542 g/mol. The molecular formula is C33H54N2O4. The van der Waals surface area contributed by atoms with Crippen LogP contribution in [0.1, 0.15) is 83.8 Å². The molecule has 39 heavy (non-hydrogen) atoms. The Morgan fingerprint density at radius 2 is 1.08 bits per heavy atom. The third-order valence-corrected chi connectivity index (χ3v) is 8.91. The molecule has 2 saturated carbocycles. The second-order valence-electron chi connectivity index (χ2n) is 11.5. The van der Waals surface area contributed by atoms with Crippen LogP contribution in [-0.4, -0.2) is 70.5 Å². The number of aliphatic hydroxyl groups is 2. The molecule has 0 spiro atoms. The van der Waals surface area contributed by atoms with Crippen molar-refractivity contribution in [2.45, 2.75) is 83.8 Å². The van der Waals surface area contributed by atoms with Crippen LogP contribution in [0.4, 0.5) is 0 Å². The van der Waals surface area contributed by atoms with Gasteiger partial charge in [-0.25, -0.2) is 0 Å². The third-order valence-electron chi connectivity index (χ3n) is 8.91. The van der Waals surface area contributed by atoms with Crippen molar-refractivity contribution in [3.05, 3.63) is 59.7 Å². The quantitative estimate of drug-likeness (QED) is 0.323. The Kier molecular flexibility index (Phi) is 12.8. The summed E-state index contributed by atoms with van der Waals surface area (Å²) < 4.78 is 0. The van der Waals surface area contributed by atoms with Crippen LogP contribution in [0.15, 0.2) is 48.5 Å². The predicted molar refractivity (Wildman–Crippen MR) is 161 cm³/mol. The van der Waals surface area contributed by atoms with Gasteiger partial charge < -0.3 is 30.2 Å². The molecule has 4 rings (SSSR count). The SMILES string of the molecule is C.CCN(C)CC1CCCCC1(O)c1cccc(O)c1.CCN(C)C[C@H]1CCCC[C@]1(O)c1cccc(O)c1. The van der Waals surface area contributed by atoms with Crippen LogP contribution in [0.25, 0.3) is 0 Å². The van der Waals surface area contributed by atoms with Crippen LogP contribution in [0, 0.1) is 11.8 Å². The second-order valence-corrected chi connectivity index (χ2v) is 11.5. The van der Waals surface area contributed by atoms with E-state index < -0.39 is 11.2 Å². The molecule has 0 bridgehead atoms. The summed E-state index contributed by atoms with van der Waals surface area (Å²) in [6.45, 7) is 8.07. The molecular weight excluding hydrogens is 488 g/mol. The highest BCUT2D eigenvalue weighted by atomic mass is 16.3. The molecule has 6 nitrogen and oxygen atoms in total. The molecule has 4 N–H and O–H groups in total. The second kappa shape index (κ2) is 15.0. The minimum Gasteiger partial charge on any atom is -0.508 e. The van der Waals surface area contributed by atoms with Crippen molar-refractivity contribution >= 4 is 0 Å². The van der Waals surface area contributed by atoms with Gasteiger partial charge >= 0.3 is 0 Å². The highest BCUT2D eigenvalue weighted by molar-refractivity contribution is 5.33. The molecule has 2 aliphatic rings. The number of phenolic OH excluding ortho intramolecular Hbond substituents is 2. The molecule has 2 aromatic carbocycles. The highest BCUT2D eigenvalue weighted by Gasteiger charge is 2.41. The fraction of sp³-hybridized carbons (Fsp3) is 0.636. The Hall–Kier alpha value is -2.12. The van der Waals surface area contributed by atoms with Crippen LogP contribution >= 0.6 is 0 Å². The number of aromatic hydroxyl groups is 2. The molecule has 2 aliphatic carbocycles. The average Bonchev–Trinajstić information content (AvgIpc) is 2.91. The number of benzene rings is 2. The normalized spacial score (nSPS) is 27.0. The molecule has 0 amide bonds. The first-order valence-electron chi connectivity index (χ1n) is 14.5. The van der Waals surface area contributed by atoms with E-state index in [0.717, 1.165) is 75.8 Å². The lowest BCUT2D eigenvalue weighted by molar-refractivity contribution is -0.0635. The van der Waals surface area contributed by atoms with Crippen molar-refractivity contribution in [3.8, 4) is 11.5 Å². The first-order chi connectivity index (χ1) is 18.1. The average molecular weight is 543 g/mol. The zero-order chi connectivity index (χ0) is 27.8. The van der Waals surface area contributed by atoms with Crippen LogP contribution in [-0.2, 0) is 11.2 Å². The van der Waals surface area contributed by atoms with E-state index in [1.54, 1.807) is 24.3 Å².